The Morgan fingerprint density at radius 3 is 2.71 bits per heavy atom. The number of likely N-dealkylation sites (tertiary alicyclic amines) is 1. The highest BCUT2D eigenvalue weighted by molar-refractivity contribution is 9.10. The van der Waals surface area contributed by atoms with Gasteiger partial charge >= 0.3 is 5.97 Å². The van der Waals surface area contributed by atoms with Crippen LogP contribution < -0.4 is 0 Å². The Bertz CT molecular complexity index is 596. The summed E-state index contributed by atoms with van der Waals surface area (Å²) in [6.45, 7) is 1.97. The summed E-state index contributed by atoms with van der Waals surface area (Å²) in [5, 5.41) is 9.23. The third kappa shape index (κ3) is 3.37. The molecule has 0 spiro atoms. The molecule has 0 aliphatic carbocycles. The van der Waals surface area contributed by atoms with Crippen LogP contribution in [0.5, 0.6) is 0 Å². The van der Waals surface area contributed by atoms with Gasteiger partial charge in [0.25, 0.3) is 5.91 Å². The summed E-state index contributed by atoms with van der Waals surface area (Å²) in [6, 6.07) is 2.40. The Hall–Kier alpha value is -1.14. The molecule has 1 aromatic carbocycles. The maximum absolute atomic E-state index is 13.7. The number of carboxylic acids is 1. The zero-order valence-corrected chi connectivity index (χ0v) is 13.6. The standard InChI is InChI=1S/C14H14BrClFNO3/c1-7-2-3-8(14(20)21)6-18(7)13(19)10-4-9(16)5-11(17)12(10)15/h4-5,7-8H,2-3,6H2,1H3,(H,20,21). The van der Waals surface area contributed by atoms with Crippen LogP contribution in [0.4, 0.5) is 4.39 Å². The summed E-state index contributed by atoms with van der Waals surface area (Å²) in [5.74, 6) is -2.55. The smallest absolute Gasteiger partial charge is 0.308 e. The first-order chi connectivity index (χ1) is 9.81. The Morgan fingerprint density at radius 1 is 1.43 bits per heavy atom. The van der Waals surface area contributed by atoms with Crippen LogP contribution in [0.2, 0.25) is 5.02 Å². The van der Waals surface area contributed by atoms with Gasteiger partial charge in [0.1, 0.15) is 5.82 Å². The number of halogens is 3. The lowest BCUT2D eigenvalue weighted by Crippen LogP contribution is -2.47. The molecule has 0 bridgehead atoms. The topological polar surface area (TPSA) is 57.6 Å². The average Bonchev–Trinajstić information content (AvgIpc) is 2.42. The van der Waals surface area contributed by atoms with Crippen LogP contribution in [0.1, 0.15) is 30.1 Å². The number of carbonyl (C=O) groups excluding carboxylic acids is 1. The van der Waals surface area contributed by atoms with Crippen molar-refractivity contribution in [2.24, 2.45) is 5.92 Å². The second-order valence-corrected chi connectivity index (χ2v) is 6.40. The molecule has 0 radical (unpaired) electrons. The van der Waals surface area contributed by atoms with Crippen molar-refractivity contribution in [2.75, 3.05) is 6.54 Å². The first kappa shape index (κ1) is 16.2. The predicted octanol–water partition coefficient (Wildman–Crippen LogP) is 3.57. The maximum Gasteiger partial charge on any atom is 0.308 e. The number of carboxylic acid groups (broad SMARTS) is 1. The highest BCUT2D eigenvalue weighted by Gasteiger charge is 2.34. The molecule has 1 aliphatic rings. The van der Waals surface area contributed by atoms with E-state index in [-0.39, 0.29) is 27.6 Å². The van der Waals surface area contributed by atoms with E-state index in [1.807, 2.05) is 6.92 Å². The number of aliphatic carboxylic acids is 1. The van der Waals surface area contributed by atoms with Crippen molar-refractivity contribution in [2.45, 2.75) is 25.8 Å². The van der Waals surface area contributed by atoms with Crippen LogP contribution in [0, 0.1) is 11.7 Å². The quantitative estimate of drug-likeness (QED) is 0.801. The fourth-order valence-electron chi connectivity index (χ4n) is 2.46. The molecule has 7 heteroatoms. The van der Waals surface area contributed by atoms with Gasteiger partial charge in [0.05, 0.1) is 16.0 Å². The molecule has 1 saturated heterocycles. The van der Waals surface area contributed by atoms with Gasteiger partial charge in [-0.2, -0.15) is 0 Å². The van der Waals surface area contributed by atoms with Gasteiger partial charge in [-0.05, 0) is 47.8 Å². The van der Waals surface area contributed by atoms with E-state index < -0.39 is 23.6 Å². The van der Waals surface area contributed by atoms with Crippen molar-refractivity contribution < 1.29 is 19.1 Å². The number of nitrogens with zero attached hydrogens (tertiary/aromatic N) is 1. The van der Waals surface area contributed by atoms with Crippen LogP contribution >= 0.6 is 27.5 Å². The molecule has 21 heavy (non-hydrogen) atoms. The fourth-order valence-corrected chi connectivity index (χ4v) is 3.06. The third-order valence-corrected chi connectivity index (χ3v) is 4.74. The maximum atomic E-state index is 13.7. The van der Waals surface area contributed by atoms with E-state index in [1.165, 1.54) is 11.0 Å². The van der Waals surface area contributed by atoms with Gasteiger partial charge in [-0.3, -0.25) is 9.59 Å². The number of carbonyl (C=O) groups is 2. The summed E-state index contributed by atoms with van der Waals surface area (Å²) in [7, 11) is 0. The van der Waals surface area contributed by atoms with Crippen molar-refractivity contribution in [3.63, 3.8) is 0 Å². The highest BCUT2D eigenvalue weighted by atomic mass is 79.9. The first-order valence-electron chi connectivity index (χ1n) is 6.49. The largest absolute Gasteiger partial charge is 0.481 e. The Kier molecular flexibility index (Phi) is 4.88. The van der Waals surface area contributed by atoms with Crippen LogP contribution in [0.15, 0.2) is 16.6 Å². The summed E-state index contributed by atoms with van der Waals surface area (Å²) < 4.78 is 13.7. The Morgan fingerprint density at radius 2 is 2.10 bits per heavy atom. The molecule has 4 nitrogen and oxygen atoms in total. The third-order valence-electron chi connectivity index (χ3n) is 3.72. The molecule has 1 fully saturated rings. The first-order valence-corrected chi connectivity index (χ1v) is 7.66. The minimum atomic E-state index is -0.920. The molecule has 2 unspecified atom stereocenters. The molecule has 1 aromatic rings. The number of benzene rings is 1. The van der Waals surface area contributed by atoms with Crippen molar-refractivity contribution >= 4 is 39.4 Å². The predicted molar refractivity (Wildman–Crippen MR) is 80.0 cm³/mol. The minimum Gasteiger partial charge on any atom is -0.481 e. The molecule has 1 N–H and O–H groups in total. The molecule has 0 aromatic heterocycles. The molecule has 1 aliphatic heterocycles. The normalized spacial score (nSPS) is 22.2. The summed E-state index contributed by atoms with van der Waals surface area (Å²) in [6.07, 6.45) is 1.13. The highest BCUT2D eigenvalue weighted by Crippen LogP contribution is 2.29. The van der Waals surface area contributed by atoms with Gasteiger partial charge in [-0.25, -0.2) is 4.39 Å². The molecule has 2 rings (SSSR count). The minimum absolute atomic E-state index is 0.0431. The lowest BCUT2D eigenvalue weighted by Gasteiger charge is -2.36. The molecule has 114 valence electrons. The van der Waals surface area contributed by atoms with Crippen molar-refractivity contribution in [3.05, 3.63) is 33.0 Å². The summed E-state index contributed by atoms with van der Waals surface area (Å²) in [4.78, 5) is 25.2. The fraction of sp³-hybridized carbons (Fsp3) is 0.429. The van der Waals surface area contributed by atoms with Crippen LogP contribution in [0.3, 0.4) is 0 Å². The van der Waals surface area contributed by atoms with Crippen molar-refractivity contribution in [1.29, 1.82) is 0 Å². The molecule has 0 saturated carbocycles. The second kappa shape index (κ2) is 6.32. The van der Waals surface area contributed by atoms with Crippen molar-refractivity contribution in [1.82, 2.24) is 4.90 Å². The van der Waals surface area contributed by atoms with E-state index in [0.29, 0.717) is 12.8 Å². The zero-order valence-electron chi connectivity index (χ0n) is 11.3. The van der Waals surface area contributed by atoms with Crippen LogP contribution in [0.25, 0.3) is 0 Å². The van der Waals surface area contributed by atoms with E-state index in [9.17, 15) is 14.0 Å². The van der Waals surface area contributed by atoms with Gasteiger partial charge in [0.15, 0.2) is 0 Å². The molecular formula is C14H14BrClFNO3. The van der Waals surface area contributed by atoms with Gasteiger partial charge < -0.3 is 10.0 Å². The SMILES string of the molecule is CC1CCC(C(=O)O)CN1C(=O)c1cc(Cl)cc(F)c1Br. The van der Waals surface area contributed by atoms with Gasteiger partial charge in [-0.15, -0.1) is 0 Å². The number of rotatable bonds is 2. The van der Waals surface area contributed by atoms with E-state index in [4.69, 9.17) is 16.7 Å². The summed E-state index contributed by atoms with van der Waals surface area (Å²) >= 11 is 8.84. The molecule has 2 atom stereocenters. The van der Waals surface area contributed by atoms with E-state index >= 15 is 0 Å². The summed E-state index contributed by atoms with van der Waals surface area (Å²) in [5.41, 5.74) is 0.109. The van der Waals surface area contributed by atoms with Crippen LogP contribution in [-0.2, 0) is 4.79 Å². The number of hydrogen-bond acceptors (Lipinski definition) is 2. The van der Waals surface area contributed by atoms with E-state index in [0.717, 1.165) is 6.07 Å². The molecule has 1 amide bonds. The Balaban J connectivity index is 2.32. The van der Waals surface area contributed by atoms with Crippen LogP contribution in [-0.4, -0.2) is 34.5 Å². The Labute approximate surface area is 135 Å². The lowest BCUT2D eigenvalue weighted by molar-refractivity contribution is -0.143. The zero-order chi connectivity index (χ0) is 15.7. The molecule has 1 heterocycles. The monoisotopic (exact) mass is 377 g/mol. The molecular weight excluding hydrogens is 365 g/mol. The number of hydrogen-bond donors (Lipinski definition) is 1. The van der Waals surface area contributed by atoms with E-state index in [1.54, 1.807) is 0 Å². The van der Waals surface area contributed by atoms with E-state index in [2.05, 4.69) is 15.9 Å². The van der Waals surface area contributed by atoms with Gasteiger partial charge in [-0.1, -0.05) is 11.6 Å². The second-order valence-electron chi connectivity index (χ2n) is 5.17. The average molecular weight is 379 g/mol. The van der Waals surface area contributed by atoms with Crippen molar-refractivity contribution in [3.8, 4) is 0 Å². The lowest BCUT2D eigenvalue weighted by atomic mass is 9.93. The van der Waals surface area contributed by atoms with Gasteiger partial charge in [0, 0.05) is 17.6 Å². The number of amides is 1. The van der Waals surface area contributed by atoms with Gasteiger partial charge in [0.2, 0.25) is 0 Å². The number of piperidine rings is 1.